The first-order valence-electron chi connectivity index (χ1n) is 5.57. The Labute approximate surface area is 105 Å². The highest BCUT2D eigenvalue weighted by Gasteiger charge is 2.21. The van der Waals surface area contributed by atoms with Crippen LogP contribution < -0.4 is 4.90 Å². The molecule has 0 radical (unpaired) electrons. The van der Waals surface area contributed by atoms with Crippen LogP contribution in [0.5, 0.6) is 0 Å². The number of nitrogens with zero attached hydrogens (tertiary/aromatic N) is 2. The van der Waals surface area contributed by atoms with Crippen molar-refractivity contribution in [2.45, 2.75) is 19.4 Å². The maximum atomic E-state index is 11.5. The minimum Gasteiger partial charge on any atom is -0.387 e. The van der Waals surface area contributed by atoms with Crippen LogP contribution in [0.2, 0.25) is 0 Å². The minimum atomic E-state index is -2.88. The topological polar surface area (TPSA) is 70.5 Å². The quantitative estimate of drug-likeness (QED) is 0.866. The molecule has 1 fully saturated rings. The Bertz CT molecular complexity index is 481. The first-order chi connectivity index (χ1) is 7.98. The molecular formula is C10H16N2O3S2. The van der Waals surface area contributed by atoms with Gasteiger partial charge in [-0.1, -0.05) is 0 Å². The molecule has 1 atom stereocenters. The molecule has 0 saturated carbocycles. The number of thiazole rings is 1. The number of hydrogen-bond donors (Lipinski definition) is 1. The molecule has 17 heavy (non-hydrogen) atoms. The molecule has 0 aliphatic carbocycles. The van der Waals surface area contributed by atoms with Crippen molar-refractivity contribution in [1.82, 2.24) is 4.98 Å². The molecular weight excluding hydrogens is 260 g/mol. The van der Waals surface area contributed by atoms with Crippen molar-refractivity contribution in [1.29, 1.82) is 0 Å². The van der Waals surface area contributed by atoms with E-state index in [0.717, 1.165) is 5.13 Å². The summed E-state index contributed by atoms with van der Waals surface area (Å²) in [5, 5.41) is 12.0. The molecule has 2 heterocycles. The normalized spacial score (nSPS) is 22.1. The van der Waals surface area contributed by atoms with E-state index in [1.807, 2.05) is 10.3 Å². The van der Waals surface area contributed by atoms with Crippen LogP contribution in [0.1, 0.15) is 25.1 Å². The largest absolute Gasteiger partial charge is 0.387 e. The van der Waals surface area contributed by atoms with Crippen LogP contribution in [0.4, 0.5) is 5.13 Å². The maximum absolute atomic E-state index is 11.5. The number of aliphatic hydroxyl groups is 1. The van der Waals surface area contributed by atoms with Gasteiger partial charge in [0, 0.05) is 18.5 Å². The highest BCUT2D eigenvalue weighted by molar-refractivity contribution is 7.91. The molecule has 1 N–H and O–H groups in total. The Morgan fingerprint density at radius 3 is 2.88 bits per heavy atom. The number of rotatable bonds is 2. The predicted octanol–water partition coefficient (Wildman–Crippen LogP) is 0.821. The molecule has 1 aromatic heterocycles. The highest BCUT2D eigenvalue weighted by Crippen LogP contribution is 2.25. The third-order valence-electron chi connectivity index (χ3n) is 2.76. The van der Waals surface area contributed by atoms with Crippen molar-refractivity contribution in [2.75, 3.05) is 29.5 Å². The van der Waals surface area contributed by atoms with Crippen LogP contribution in [0.15, 0.2) is 5.38 Å². The summed E-state index contributed by atoms with van der Waals surface area (Å²) < 4.78 is 23.0. The number of hydrogen-bond acceptors (Lipinski definition) is 6. The second kappa shape index (κ2) is 4.91. The molecule has 96 valence electrons. The van der Waals surface area contributed by atoms with Crippen molar-refractivity contribution >= 4 is 26.3 Å². The summed E-state index contributed by atoms with van der Waals surface area (Å²) in [5.74, 6) is 0.453. The van der Waals surface area contributed by atoms with Gasteiger partial charge in [0.05, 0.1) is 23.3 Å². The highest BCUT2D eigenvalue weighted by atomic mass is 32.2. The SMILES string of the molecule is CC(O)c1csc(N2CCCS(=O)(=O)CC2)n1. The molecule has 0 aromatic carbocycles. The van der Waals surface area contributed by atoms with Crippen LogP contribution >= 0.6 is 11.3 Å². The Kier molecular flexibility index (Phi) is 3.70. The summed E-state index contributed by atoms with van der Waals surface area (Å²) in [7, 11) is -2.88. The van der Waals surface area contributed by atoms with Gasteiger partial charge in [0.15, 0.2) is 15.0 Å². The lowest BCUT2D eigenvalue weighted by atomic mass is 10.3. The molecule has 1 saturated heterocycles. The van der Waals surface area contributed by atoms with E-state index < -0.39 is 15.9 Å². The fourth-order valence-corrected chi connectivity index (χ4v) is 3.98. The molecule has 0 spiro atoms. The van der Waals surface area contributed by atoms with Crippen LogP contribution in [0.25, 0.3) is 0 Å². The van der Waals surface area contributed by atoms with E-state index in [4.69, 9.17) is 0 Å². The summed E-state index contributed by atoms with van der Waals surface area (Å²) in [6.07, 6.45) is 0.0714. The van der Waals surface area contributed by atoms with Gasteiger partial charge < -0.3 is 10.0 Å². The Morgan fingerprint density at radius 2 is 2.24 bits per heavy atom. The molecule has 0 amide bonds. The van der Waals surface area contributed by atoms with E-state index in [1.165, 1.54) is 11.3 Å². The summed E-state index contributed by atoms with van der Waals surface area (Å²) in [4.78, 5) is 6.31. The number of sulfone groups is 1. The minimum absolute atomic E-state index is 0.191. The van der Waals surface area contributed by atoms with E-state index in [-0.39, 0.29) is 11.5 Å². The van der Waals surface area contributed by atoms with Gasteiger partial charge in [-0.25, -0.2) is 13.4 Å². The molecule has 5 nitrogen and oxygen atoms in total. The van der Waals surface area contributed by atoms with E-state index in [1.54, 1.807) is 6.92 Å². The van der Waals surface area contributed by atoms with Gasteiger partial charge in [0.2, 0.25) is 0 Å². The van der Waals surface area contributed by atoms with Crippen LogP contribution in [0, 0.1) is 0 Å². The average Bonchev–Trinajstić information content (AvgIpc) is 2.65. The van der Waals surface area contributed by atoms with Gasteiger partial charge >= 0.3 is 0 Å². The molecule has 0 bridgehead atoms. The summed E-state index contributed by atoms with van der Waals surface area (Å²) >= 11 is 1.45. The standard InChI is InChI=1S/C10H16N2O3S2/c1-8(13)9-7-16-10(11-9)12-3-2-5-17(14,15)6-4-12/h7-8,13H,2-6H2,1H3. The lowest BCUT2D eigenvalue weighted by Crippen LogP contribution is -2.26. The fourth-order valence-electron chi connectivity index (χ4n) is 1.74. The summed E-state index contributed by atoms with van der Waals surface area (Å²) in [6, 6.07) is 0. The summed E-state index contributed by atoms with van der Waals surface area (Å²) in [5.41, 5.74) is 0.650. The van der Waals surface area contributed by atoms with Crippen molar-refractivity contribution in [3.05, 3.63) is 11.1 Å². The van der Waals surface area contributed by atoms with Gasteiger partial charge in [-0.3, -0.25) is 0 Å². The zero-order valence-electron chi connectivity index (χ0n) is 9.66. The number of aliphatic hydroxyl groups excluding tert-OH is 1. The van der Waals surface area contributed by atoms with E-state index in [0.29, 0.717) is 25.2 Å². The Balaban J connectivity index is 2.11. The van der Waals surface area contributed by atoms with E-state index >= 15 is 0 Å². The maximum Gasteiger partial charge on any atom is 0.185 e. The molecule has 1 aliphatic rings. The number of aromatic nitrogens is 1. The third kappa shape index (κ3) is 3.17. The average molecular weight is 276 g/mol. The number of anilines is 1. The van der Waals surface area contributed by atoms with Crippen molar-refractivity contribution in [2.24, 2.45) is 0 Å². The molecule has 1 aliphatic heterocycles. The van der Waals surface area contributed by atoms with E-state index in [9.17, 15) is 13.5 Å². The zero-order chi connectivity index (χ0) is 12.5. The first-order valence-corrected chi connectivity index (χ1v) is 8.27. The third-order valence-corrected chi connectivity index (χ3v) is 5.40. The van der Waals surface area contributed by atoms with Crippen LogP contribution in [0.3, 0.4) is 0 Å². The van der Waals surface area contributed by atoms with Crippen molar-refractivity contribution in [3.63, 3.8) is 0 Å². The molecule has 2 rings (SSSR count). The van der Waals surface area contributed by atoms with Gasteiger partial charge in [-0.2, -0.15) is 0 Å². The van der Waals surface area contributed by atoms with Gasteiger partial charge in [-0.05, 0) is 13.3 Å². The smallest absolute Gasteiger partial charge is 0.185 e. The lowest BCUT2D eigenvalue weighted by Gasteiger charge is -2.17. The predicted molar refractivity (Wildman–Crippen MR) is 68.2 cm³/mol. The molecule has 7 heteroatoms. The Hall–Kier alpha value is -0.660. The van der Waals surface area contributed by atoms with Gasteiger partial charge in [-0.15, -0.1) is 11.3 Å². The van der Waals surface area contributed by atoms with Crippen molar-refractivity contribution < 1.29 is 13.5 Å². The van der Waals surface area contributed by atoms with E-state index in [2.05, 4.69) is 4.98 Å². The molecule has 1 unspecified atom stereocenters. The fraction of sp³-hybridized carbons (Fsp3) is 0.700. The lowest BCUT2D eigenvalue weighted by molar-refractivity contribution is 0.195. The van der Waals surface area contributed by atoms with Crippen LogP contribution in [-0.4, -0.2) is 43.1 Å². The van der Waals surface area contributed by atoms with Gasteiger partial charge in [0.1, 0.15) is 0 Å². The Morgan fingerprint density at radius 1 is 1.47 bits per heavy atom. The summed E-state index contributed by atoms with van der Waals surface area (Å²) in [6.45, 7) is 2.88. The second-order valence-corrected chi connectivity index (χ2v) is 7.36. The monoisotopic (exact) mass is 276 g/mol. The van der Waals surface area contributed by atoms with Crippen molar-refractivity contribution in [3.8, 4) is 0 Å². The molecule has 1 aromatic rings. The van der Waals surface area contributed by atoms with Crippen LogP contribution in [-0.2, 0) is 9.84 Å². The zero-order valence-corrected chi connectivity index (χ0v) is 11.3. The second-order valence-electron chi connectivity index (χ2n) is 4.22. The first kappa shape index (κ1) is 12.8. The van der Waals surface area contributed by atoms with Gasteiger partial charge in [0.25, 0.3) is 0 Å².